The molecule has 0 unspecified atom stereocenters. The lowest BCUT2D eigenvalue weighted by Crippen LogP contribution is -2.37. The van der Waals surface area contributed by atoms with Crippen LogP contribution in [0.3, 0.4) is 0 Å². The summed E-state index contributed by atoms with van der Waals surface area (Å²) in [6.45, 7) is 7.13. The minimum absolute atomic E-state index is 0.238. The van der Waals surface area contributed by atoms with E-state index in [9.17, 15) is 4.39 Å². The quantitative estimate of drug-likeness (QED) is 0.255. The van der Waals surface area contributed by atoms with Gasteiger partial charge < -0.3 is 0 Å². The van der Waals surface area contributed by atoms with Crippen molar-refractivity contribution in [2.24, 2.45) is 0 Å². The third kappa shape index (κ3) is 4.50. The lowest BCUT2D eigenvalue weighted by molar-refractivity contribution is 0.628. The Morgan fingerprint density at radius 2 is 1.09 bits per heavy atom. The summed E-state index contributed by atoms with van der Waals surface area (Å²) in [5, 5.41) is 3.91. The molecule has 4 aromatic carbocycles. The average molecular weight is 448 g/mol. The number of pyridine rings is 1. The second kappa shape index (κ2) is 8.42. The molecule has 1 aromatic heterocycles. The highest BCUT2D eigenvalue weighted by Crippen LogP contribution is 2.29. The van der Waals surface area contributed by atoms with Crippen LogP contribution in [0.5, 0.6) is 0 Å². The van der Waals surface area contributed by atoms with E-state index in [-0.39, 0.29) is 5.82 Å². The van der Waals surface area contributed by atoms with E-state index in [2.05, 4.69) is 91.4 Å². The van der Waals surface area contributed by atoms with Gasteiger partial charge in [0.2, 0.25) is 0 Å². The molecule has 0 bridgehead atoms. The fourth-order valence-corrected chi connectivity index (χ4v) is 5.29. The molecule has 0 spiro atoms. The number of benzene rings is 4. The van der Waals surface area contributed by atoms with Gasteiger partial charge in [-0.25, -0.2) is 4.39 Å². The first-order valence-electron chi connectivity index (χ1n) is 11.2. The van der Waals surface area contributed by atoms with Gasteiger partial charge in [0.1, 0.15) is 5.82 Å². The third-order valence-corrected chi connectivity index (χ3v) is 8.23. The smallest absolute Gasteiger partial charge is 0.123 e. The van der Waals surface area contributed by atoms with Crippen LogP contribution in [-0.4, -0.2) is 13.1 Å². The van der Waals surface area contributed by atoms with Crippen LogP contribution in [0.15, 0.2) is 103 Å². The first-order valence-corrected chi connectivity index (χ1v) is 14.7. The lowest BCUT2D eigenvalue weighted by atomic mass is 9.98. The van der Waals surface area contributed by atoms with Crippen molar-refractivity contribution in [1.29, 1.82) is 0 Å². The van der Waals surface area contributed by atoms with Crippen molar-refractivity contribution in [3.63, 3.8) is 0 Å². The predicted molar refractivity (Wildman–Crippen MR) is 141 cm³/mol. The topological polar surface area (TPSA) is 12.9 Å². The van der Waals surface area contributed by atoms with E-state index in [0.717, 1.165) is 22.4 Å². The molecule has 1 nitrogen and oxygen atoms in total. The van der Waals surface area contributed by atoms with Gasteiger partial charge in [-0.05, 0) is 69.9 Å². The molecule has 0 saturated carbocycles. The Morgan fingerprint density at radius 3 is 1.67 bits per heavy atom. The van der Waals surface area contributed by atoms with E-state index in [4.69, 9.17) is 0 Å². The van der Waals surface area contributed by atoms with Crippen molar-refractivity contribution in [2.45, 2.75) is 19.6 Å². The highest BCUT2D eigenvalue weighted by atomic mass is 28.3. The zero-order valence-corrected chi connectivity index (χ0v) is 20.1. The van der Waals surface area contributed by atoms with E-state index in [1.54, 1.807) is 12.1 Å². The Kier molecular flexibility index (Phi) is 5.43. The average Bonchev–Trinajstić information content (AvgIpc) is 2.83. The van der Waals surface area contributed by atoms with Gasteiger partial charge in [0.25, 0.3) is 0 Å². The summed E-state index contributed by atoms with van der Waals surface area (Å²) < 4.78 is 13.2. The monoisotopic (exact) mass is 447 g/mol. The molecule has 0 aliphatic carbocycles. The fourth-order valence-electron chi connectivity index (χ4n) is 4.12. The summed E-state index contributed by atoms with van der Waals surface area (Å²) in [4.78, 5) is 4.61. The normalized spacial score (nSPS) is 11.6. The van der Waals surface area contributed by atoms with Crippen molar-refractivity contribution in [2.75, 3.05) is 0 Å². The predicted octanol–water partition coefficient (Wildman–Crippen LogP) is 7.92. The maximum absolute atomic E-state index is 13.2. The van der Waals surface area contributed by atoms with Gasteiger partial charge in [-0.3, -0.25) is 4.98 Å². The van der Waals surface area contributed by atoms with Crippen LogP contribution in [0.1, 0.15) is 0 Å². The van der Waals surface area contributed by atoms with Gasteiger partial charge in [-0.2, -0.15) is 0 Å². The van der Waals surface area contributed by atoms with Crippen molar-refractivity contribution in [3.8, 4) is 33.5 Å². The molecule has 3 heteroatoms. The molecule has 0 amide bonds. The maximum atomic E-state index is 13.2. The summed E-state index contributed by atoms with van der Waals surface area (Å²) in [5.41, 5.74) is 6.41. The van der Waals surface area contributed by atoms with E-state index in [1.807, 2.05) is 12.3 Å². The second-order valence-electron chi connectivity index (χ2n) is 9.54. The largest absolute Gasteiger partial charge is 0.256 e. The summed E-state index contributed by atoms with van der Waals surface area (Å²) in [7, 11) is -1.30. The molecule has 5 aromatic rings. The Labute approximate surface area is 195 Å². The highest BCUT2D eigenvalue weighted by Gasteiger charge is 2.15. The number of rotatable bonds is 4. The first-order chi connectivity index (χ1) is 15.9. The molecule has 0 atom stereocenters. The van der Waals surface area contributed by atoms with Crippen LogP contribution < -0.4 is 5.19 Å². The zero-order chi connectivity index (χ0) is 23.0. The molecule has 1 heterocycles. The molecule has 0 aliphatic rings. The Bertz CT molecular complexity index is 1410. The van der Waals surface area contributed by atoms with Crippen LogP contribution in [0, 0.1) is 5.82 Å². The molecule has 5 rings (SSSR count). The molecular formula is C30H26FNSi. The van der Waals surface area contributed by atoms with E-state index >= 15 is 0 Å². The van der Waals surface area contributed by atoms with Crippen LogP contribution in [-0.2, 0) is 0 Å². The Balaban J connectivity index is 1.46. The zero-order valence-electron chi connectivity index (χ0n) is 19.1. The lowest BCUT2D eigenvalue weighted by Gasteiger charge is -2.17. The molecule has 0 radical (unpaired) electrons. The fraction of sp³-hybridized carbons (Fsp3) is 0.100. The van der Waals surface area contributed by atoms with E-state index in [1.165, 1.54) is 39.2 Å². The SMILES string of the molecule is C[Si](C)(C)c1ccc(-c2ccc3ccc(-c4ccc(-c5ccc(F)cc5)nc4)cc3c2)cc1. The molecular weight excluding hydrogens is 421 g/mol. The number of hydrogen-bond acceptors (Lipinski definition) is 1. The van der Waals surface area contributed by atoms with E-state index in [0.29, 0.717) is 0 Å². The van der Waals surface area contributed by atoms with Crippen LogP contribution in [0.4, 0.5) is 4.39 Å². The van der Waals surface area contributed by atoms with Gasteiger partial charge in [0.05, 0.1) is 13.8 Å². The molecule has 0 saturated heterocycles. The molecule has 33 heavy (non-hydrogen) atoms. The standard InChI is InChI=1S/C30H26FNSi/c1-33(2,3)29-15-10-21(11-16-29)24-6-4-22-5-7-25(19-27(22)18-24)26-12-17-30(32-20-26)23-8-13-28(31)14-9-23/h4-20H,1-3H3. The molecule has 0 fully saturated rings. The number of hydrogen-bond donors (Lipinski definition) is 0. The van der Waals surface area contributed by atoms with Crippen molar-refractivity contribution in [1.82, 2.24) is 4.98 Å². The highest BCUT2D eigenvalue weighted by molar-refractivity contribution is 6.88. The maximum Gasteiger partial charge on any atom is 0.123 e. The van der Waals surface area contributed by atoms with Crippen LogP contribution >= 0.6 is 0 Å². The number of halogens is 1. The minimum atomic E-state index is -1.30. The van der Waals surface area contributed by atoms with Gasteiger partial charge >= 0.3 is 0 Å². The summed E-state index contributed by atoms with van der Waals surface area (Å²) in [5.74, 6) is -0.238. The van der Waals surface area contributed by atoms with Gasteiger partial charge in [0, 0.05) is 17.3 Å². The number of nitrogens with zero attached hydrogens (tertiary/aromatic N) is 1. The van der Waals surface area contributed by atoms with Crippen LogP contribution in [0.2, 0.25) is 19.6 Å². The molecule has 0 aliphatic heterocycles. The second-order valence-corrected chi connectivity index (χ2v) is 14.6. The summed E-state index contributed by atoms with van der Waals surface area (Å²) in [6, 6.07) is 32.8. The Hall–Kier alpha value is -3.56. The molecule has 162 valence electrons. The van der Waals surface area contributed by atoms with Gasteiger partial charge in [0.15, 0.2) is 0 Å². The van der Waals surface area contributed by atoms with E-state index < -0.39 is 8.07 Å². The van der Waals surface area contributed by atoms with Crippen molar-refractivity contribution >= 4 is 24.0 Å². The van der Waals surface area contributed by atoms with Gasteiger partial charge in [-0.15, -0.1) is 0 Å². The van der Waals surface area contributed by atoms with Crippen molar-refractivity contribution < 1.29 is 4.39 Å². The minimum Gasteiger partial charge on any atom is -0.256 e. The summed E-state index contributed by atoms with van der Waals surface area (Å²) in [6.07, 6.45) is 1.89. The first kappa shape index (κ1) is 21.3. The van der Waals surface area contributed by atoms with Crippen molar-refractivity contribution in [3.05, 3.63) is 109 Å². The summed E-state index contributed by atoms with van der Waals surface area (Å²) >= 11 is 0. The number of aromatic nitrogens is 1. The van der Waals surface area contributed by atoms with Crippen LogP contribution in [0.25, 0.3) is 44.3 Å². The van der Waals surface area contributed by atoms with Gasteiger partial charge in [-0.1, -0.05) is 79.4 Å². The third-order valence-electron chi connectivity index (χ3n) is 6.16. The molecule has 0 N–H and O–H groups in total. The number of fused-ring (bicyclic) bond motifs is 1. The Morgan fingerprint density at radius 1 is 0.545 bits per heavy atom.